The van der Waals surface area contributed by atoms with E-state index >= 15 is 0 Å². The molecule has 0 saturated carbocycles. The molecule has 0 atom stereocenters. The fraction of sp³-hybridized carbons (Fsp3) is 0.214. The second-order valence-corrected chi connectivity index (χ2v) is 4.12. The minimum Gasteiger partial charge on any atom is -0.453 e. The number of nitrogen functional groups attached to an aromatic ring is 1. The summed E-state index contributed by atoms with van der Waals surface area (Å²) in [6.07, 6.45) is 2.35. The lowest BCUT2D eigenvalue weighted by atomic mass is 10.2. The molecule has 0 amide bonds. The molecular weight excluding hydrogens is 240 g/mol. The number of amidine groups is 1. The first-order chi connectivity index (χ1) is 9.11. The number of ether oxygens (including phenoxy) is 1. The molecule has 0 unspecified atom stereocenters. The molecule has 0 aliphatic heterocycles. The fourth-order valence-corrected chi connectivity index (χ4v) is 1.74. The molecule has 5 heteroatoms. The molecule has 2 rings (SSSR count). The maximum Gasteiger partial charge on any atom is 0.156 e. The zero-order valence-corrected chi connectivity index (χ0v) is 11.0. The molecule has 2 aromatic heterocycles. The van der Waals surface area contributed by atoms with Crippen molar-refractivity contribution < 1.29 is 4.74 Å². The van der Waals surface area contributed by atoms with Crippen LogP contribution in [-0.4, -0.2) is 15.8 Å². The minimum atomic E-state index is -0.117. The zero-order chi connectivity index (χ0) is 13.8. The van der Waals surface area contributed by atoms with Crippen molar-refractivity contribution in [2.45, 2.75) is 20.3 Å². The molecule has 2 heterocycles. The van der Waals surface area contributed by atoms with Gasteiger partial charge in [-0.15, -0.1) is 0 Å². The van der Waals surface area contributed by atoms with Gasteiger partial charge in [-0.1, -0.05) is 6.92 Å². The van der Waals surface area contributed by atoms with Crippen LogP contribution in [0, 0.1) is 12.3 Å². The maximum absolute atomic E-state index is 7.49. The molecule has 3 N–H and O–H groups in total. The largest absolute Gasteiger partial charge is 0.453 e. The van der Waals surface area contributed by atoms with Crippen molar-refractivity contribution in [3.63, 3.8) is 0 Å². The van der Waals surface area contributed by atoms with Gasteiger partial charge in [-0.2, -0.15) is 0 Å². The van der Waals surface area contributed by atoms with Gasteiger partial charge in [-0.3, -0.25) is 10.4 Å². The van der Waals surface area contributed by atoms with E-state index in [0.29, 0.717) is 17.2 Å². The molecule has 0 bridgehead atoms. The highest BCUT2D eigenvalue weighted by atomic mass is 16.5. The highest BCUT2D eigenvalue weighted by Gasteiger charge is 2.11. The Balaban J connectivity index is 2.39. The number of nitrogens with zero attached hydrogens (tertiary/aromatic N) is 2. The third-order valence-electron chi connectivity index (χ3n) is 2.65. The standard InChI is InChI=1S/C14H16N4O/c1-3-10-11(7-6-9(2)18-10)19-12-5-4-8-17-13(12)14(15)16/h4-8H,3H2,1-2H3,(H3,15,16). The zero-order valence-electron chi connectivity index (χ0n) is 11.0. The number of pyridine rings is 2. The van der Waals surface area contributed by atoms with Gasteiger partial charge in [0.25, 0.3) is 0 Å². The smallest absolute Gasteiger partial charge is 0.156 e. The van der Waals surface area contributed by atoms with Gasteiger partial charge < -0.3 is 10.5 Å². The molecule has 2 aromatic rings. The van der Waals surface area contributed by atoms with Crippen molar-refractivity contribution in [3.8, 4) is 11.5 Å². The van der Waals surface area contributed by atoms with Gasteiger partial charge in [-0.25, -0.2) is 4.98 Å². The fourth-order valence-electron chi connectivity index (χ4n) is 1.74. The Bertz CT molecular complexity index is 610. The summed E-state index contributed by atoms with van der Waals surface area (Å²) in [4.78, 5) is 8.48. The Hall–Kier alpha value is -2.43. The molecular formula is C14H16N4O. The summed E-state index contributed by atoms with van der Waals surface area (Å²) in [6, 6.07) is 7.24. The van der Waals surface area contributed by atoms with Crippen LogP contribution in [0.1, 0.15) is 24.0 Å². The van der Waals surface area contributed by atoms with E-state index in [9.17, 15) is 0 Å². The molecule has 5 nitrogen and oxygen atoms in total. The van der Waals surface area contributed by atoms with Crippen LogP contribution >= 0.6 is 0 Å². The Kier molecular flexibility index (Phi) is 3.75. The SMILES string of the molecule is CCc1nc(C)ccc1Oc1cccnc1C(=N)N. The molecule has 0 aliphatic rings. The highest BCUT2D eigenvalue weighted by Crippen LogP contribution is 2.26. The second-order valence-electron chi connectivity index (χ2n) is 4.12. The average Bonchev–Trinajstić information content (AvgIpc) is 2.41. The summed E-state index contributed by atoms with van der Waals surface area (Å²) in [7, 11) is 0. The molecule has 19 heavy (non-hydrogen) atoms. The third kappa shape index (κ3) is 2.88. The first kappa shape index (κ1) is 13.0. The Morgan fingerprint density at radius 2 is 2.11 bits per heavy atom. The van der Waals surface area contributed by atoms with Gasteiger partial charge in [0.15, 0.2) is 5.75 Å². The van der Waals surface area contributed by atoms with E-state index in [4.69, 9.17) is 15.9 Å². The lowest BCUT2D eigenvalue weighted by Crippen LogP contribution is -2.14. The van der Waals surface area contributed by atoms with Crippen LogP contribution in [0.3, 0.4) is 0 Å². The molecule has 0 radical (unpaired) electrons. The van der Waals surface area contributed by atoms with Crippen LogP contribution in [0.5, 0.6) is 11.5 Å². The van der Waals surface area contributed by atoms with Gasteiger partial charge in [0.1, 0.15) is 17.3 Å². The predicted molar refractivity (Wildman–Crippen MR) is 73.7 cm³/mol. The molecule has 0 fully saturated rings. The van der Waals surface area contributed by atoms with Crippen molar-refractivity contribution in [3.05, 3.63) is 47.5 Å². The van der Waals surface area contributed by atoms with Crippen molar-refractivity contribution in [2.24, 2.45) is 5.73 Å². The van der Waals surface area contributed by atoms with E-state index in [0.717, 1.165) is 17.8 Å². The highest BCUT2D eigenvalue weighted by molar-refractivity contribution is 5.95. The van der Waals surface area contributed by atoms with E-state index in [1.807, 2.05) is 26.0 Å². The van der Waals surface area contributed by atoms with Crippen molar-refractivity contribution in [1.29, 1.82) is 5.41 Å². The van der Waals surface area contributed by atoms with Crippen LogP contribution < -0.4 is 10.5 Å². The van der Waals surface area contributed by atoms with Gasteiger partial charge in [0.05, 0.1) is 5.69 Å². The predicted octanol–water partition coefficient (Wildman–Crippen LogP) is 2.42. The summed E-state index contributed by atoms with van der Waals surface area (Å²) in [5.41, 5.74) is 7.65. The van der Waals surface area contributed by atoms with E-state index in [2.05, 4.69) is 9.97 Å². The average molecular weight is 256 g/mol. The lowest BCUT2D eigenvalue weighted by Gasteiger charge is -2.12. The van der Waals surface area contributed by atoms with Gasteiger partial charge in [0, 0.05) is 11.9 Å². The first-order valence-electron chi connectivity index (χ1n) is 6.05. The molecule has 0 spiro atoms. The van der Waals surface area contributed by atoms with Crippen LogP contribution in [-0.2, 0) is 6.42 Å². The quantitative estimate of drug-likeness (QED) is 0.650. The van der Waals surface area contributed by atoms with E-state index in [1.54, 1.807) is 18.3 Å². The Labute approximate surface area is 112 Å². The number of hydrogen-bond acceptors (Lipinski definition) is 4. The Morgan fingerprint density at radius 3 is 2.79 bits per heavy atom. The van der Waals surface area contributed by atoms with Crippen LogP contribution in [0.2, 0.25) is 0 Å². The summed E-state index contributed by atoms with van der Waals surface area (Å²) in [5, 5.41) is 7.49. The number of rotatable bonds is 4. The number of nitrogens with two attached hydrogens (primary N) is 1. The Morgan fingerprint density at radius 1 is 1.32 bits per heavy atom. The van der Waals surface area contributed by atoms with Crippen molar-refractivity contribution in [2.75, 3.05) is 0 Å². The van der Waals surface area contributed by atoms with Crippen molar-refractivity contribution in [1.82, 2.24) is 9.97 Å². The topological polar surface area (TPSA) is 84.9 Å². The first-order valence-corrected chi connectivity index (χ1v) is 6.05. The van der Waals surface area contributed by atoms with Gasteiger partial charge in [0.2, 0.25) is 0 Å². The second kappa shape index (κ2) is 5.48. The van der Waals surface area contributed by atoms with E-state index < -0.39 is 0 Å². The van der Waals surface area contributed by atoms with Crippen LogP contribution in [0.15, 0.2) is 30.5 Å². The van der Waals surface area contributed by atoms with Gasteiger partial charge >= 0.3 is 0 Å². The number of aromatic nitrogens is 2. The third-order valence-corrected chi connectivity index (χ3v) is 2.65. The van der Waals surface area contributed by atoms with E-state index in [-0.39, 0.29) is 5.84 Å². The summed E-state index contributed by atoms with van der Waals surface area (Å²) >= 11 is 0. The van der Waals surface area contributed by atoms with Crippen molar-refractivity contribution >= 4 is 5.84 Å². The molecule has 98 valence electrons. The van der Waals surface area contributed by atoms with E-state index in [1.165, 1.54) is 0 Å². The number of aryl methyl sites for hydroxylation is 2. The minimum absolute atomic E-state index is 0.117. The molecule has 0 saturated heterocycles. The normalized spacial score (nSPS) is 10.2. The monoisotopic (exact) mass is 256 g/mol. The number of hydrogen-bond donors (Lipinski definition) is 2. The van der Waals surface area contributed by atoms with Crippen LogP contribution in [0.25, 0.3) is 0 Å². The summed E-state index contributed by atoms with van der Waals surface area (Å²) in [6.45, 7) is 3.96. The van der Waals surface area contributed by atoms with Gasteiger partial charge in [-0.05, 0) is 37.6 Å². The molecule has 0 aromatic carbocycles. The molecule has 0 aliphatic carbocycles. The lowest BCUT2D eigenvalue weighted by molar-refractivity contribution is 0.469. The van der Waals surface area contributed by atoms with Crippen LogP contribution in [0.4, 0.5) is 0 Å². The summed E-state index contributed by atoms with van der Waals surface area (Å²) in [5.74, 6) is 1.02. The summed E-state index contributed by atoms with van der Waals surface area (Å²) < 4.78 is 5.80. The maximum atomic E-state index is 7.49. The number of nitrogens with one attached hydrogen (secondary N) is 1.